The Balaban J connectivity index is 1.35. The lowest BCUT2D eigenvalue weighted by Gasteiger charge is -2.36. The van der Waals surface area contributed by atoms with Crippen molar-refractivity contribution in [2.24, 2.45) is 5.92 Å². The van der Waals surface area contributed by atoms with Crippen LogP contribution >= 0.6 is 0 Å². The number of carbonyl (C=O) groups excluding carboxylic acids is 2. The van der Waals surface area contributed by atoms with Gasteiger partial charge >= 0.3 is 0 Å². The maximum absolute atomic E-state index is 12.6. The molecule has 3 aliphatic rings. The summed E-state index contributed by atoms with van der Waals surface area (Å²) in [6.45, 7) is 2.25. The van der Waals surface area contributed by atoms with Crippen molar-refractivity contribution in [2.45, 2.75) is 37.8 Å². The molecular weight excluding hydrogens is 304 g/mol. The fourth-order valence-corrected chi connectivity index (χ4v) is 3.74. The van der Waals surface area contributed by atoms with Gasteiger partial charge in [0.2, 0.25) is 11.8 Å². The average Bonchev–Trinajstić information content (AvgIpc) is 3.32. The summed E-state index contributed by atoms with van der Waals surface area (Å²) < 4.78 is 5.70. The molecule has 2 heterocycles. The predicted molar refractivity (Wildman–Crippen MR) is 89.3 cm³/mol. The Morgan fingerprint density at radius 2 is 1.96 bits per heavy atom. The van der Waals surface area contributed by atoms with Gasteiger partial charge in [-0.05, 0) is 30.7 Å². The Bertz CT molecular complexity index is 614. The van der Waals surface area contributed by atoms with Gasteiger partial charge in [-0.1, -0.05) is 30.3 Å². The number of hydrogen-bond acceptors (Lipinski definition) is 3. The molecule has 5 nitrogen and oxygen atoms in total. The molecule has 0 bridgehead atoms. The largest absolute Gasteiger partial charge is 0.364 e. The Morgan fingerprint density at radius 1 is 1.17 bits per heavy atom. The van der Waals surface area contributed by atoms with Gasteiger partial charge in [0.15, 0.2) is 0 Å². The molecule has 2 atom stereocenters. The summed E-state index contributed by atoms with van der Waals surface area (Å²) in [5.74, 6) is 0.910. The van der Waals surface area contributed by atoms with E-state index < -0.39 is 0 Å². The molecule has 1 saturated carbocycles. The van der Waals surface area contributed by atoms with E-state index in [1.54, 1.807) is 0 Å². The van der Waals surface area contributed by atoms with E-state index in [0.717, 1.165) is 13.0 Å². The number of rotatable bonds is 5. The van der Waals surface area contributed by atoms with Crippen LogP contribution in [-0.2, 0) is 20.7 Å². The van der Waals surface area contributed by atoms with Crippen LogP contribution < -0.4 is 0 Å². The summed E-state index contributed by atoms with van der Waals surface area (Å²) in [4.78, 5) is 28.6. The minimum Gasteiger partial charge on any atom is -0.364 e. The molecular formula is C19H24N2O3. The highest BCUT2D eigenvalue weighted by Gasteiger charge is 2.45. The van der Waals surface area contributed by atoms with Gasteiger partial charge in [-0.3, -0.25) is 9.59 Å². The predicted octanol–water partition coefficient (Wildman–Crippen LogP) is 1.47. The first kappa shape index (κ1) is 15.6. The van der Waals surface area contributed by atoms with Gasteiger partial charge in [-0.2, -0.15) is 0 Å². The minimum absolute atomic E-state index is 0.0119. The molecule has 128 valence electrons. The number of nitrogens with zero attached hydrogens (tertiary/aromatic N) is 2. The Morgan fingerprint density at radius 3 is 2.71 bits per heavy atom. The van der Waals surface area contributed by atoms with Crippen LogP contribution in [0.5, 0.6) is 0 Å². The van der Waals surface area contributed by atoms with E-state index >= 15 is 0 Å². The molecule has 0 radical (unpaired) electrons. The Hall–Kier alpha value is -1.88. The standard InChI is InChI=1S/C19H24N2O3/c22-18(9-8-14-4-2-1-3-5-14)20-11-16-17(12-20)24-13-19(23)21(16)10-15-6-7-15/h1-5,15-17H,6-13H2/t16-,17-/m1/s1. The first-order valence-corrected chi connectivity index (χ1v) is 8.93. The molecule has 2 amide bonds. The SMILES string of the molecule is O=C(CCc1ccccc1)N1C[C@@H]2[C@@H](C1)OCC(=O)N2CC1CC1. The molecule has 3 fully saturated rings. The molecule has 0 unspecified atom stereocenters. The number of morpholine rings is 1. The van der Waals surface area contributed by atoms with E-state index in [1.807, 2.05) is 28.0 Å². The van der Waals surface area contributed by atoms with Crippen molar-refractivity contribution in [3.8, 4) is 0 Å². The van der Waals surface area contributed by atoms with Crippen molar-refractivity contribution in [1.82, 2.24) is 9.80 Å². The van der Waals surface area contributed by atoms with Crippen LogP contribution in [0.15, 0.2) is 30.3 Å². The first-order valence-electron chi connectivity index (χ1n) is 8.93. The number of carbonyl (C=O) groups is 2. The lowest BCUT2D eigenvalue weighted by Crippen LogP contribution is -2.54. The molecule has 0 N–H and O–H groups in total. The van der Waals surface area contributed by atoms with Crippen molar-refractivity contribution >= 4 is 11.8 Å². The van der Waals surface area contributed by atoms with Gasteiger partial charge in [0.05, 0.1) is 12.1 Å². The molecule has 0 aromatic heterocycles. The molecule has 5 heteroatoms. The van der Waals surface area contributed by atoms with Gasteiger partial charge in [0.1, 0.15) is 6.61 Å². The Kier molecular flexibility index (Phi) is 4.27. The van der Waals surface area contributed by atoms with Crippen LogP contribution in [0.1, 0.15) is 24.8 Å². The summed E-state index contributed by atoms with van der Waals surface area (Å²) in [5, 5.41) is 0. The highest BCUT2D eigenvalue weighted by atomic mass is 16.5. The minimum atomic E-state index is -0.0119. The lowest BCUT2D eigenvalue weighted by atomic mass is 10.1. The highest BCUT2D eigenvalue weighted by molar-refractivity contribution is 5.80. The van der Waals surface area contributed by atoms with Crippen molar-refractivity contribution in [3.05, 3.63) is 35.9 Å². The summed E-state index contributed by atoms with van der Waals surface area (Å²) >= 11 is 0. The molecule has 1 aliphatic carbocycles. The molecule has 1 aromatic rings. The van der Waals surface area contributed by atoms with Crippen molar-refractivity contribution in [3.63, 3.8) is 0 Å². The monoisotopic (exact) mass is 328 g/mol. The van der Waals surface area contributed by atoms with E-state index in [-0.39, 0.29) is 30.6 Å². The summed E-state index contributed by atoms with van der Waals surface area (Å²) in [6, 6.07) is 10.1. The molecule has 4 rings (SSSR count). The number of aryl methyl sites for hydroxylation is 1. The second-order valence-corrected chi connectivity index (χ2v) is 7.19. The van der Waals surface area contributed by atoms with E-state index in [2.05, 4.69) is 12.1 Å². The average molecular weight is 328 g/mol. The lowest BCUT2D eigenvalue weighted by molar-refractivity contribution is -0.153. The second-order valence-electron chi connectivity index (χ2n) is 7.19. The fourth-order valence-electron chi connectivity index (χ4n) is 3.74. The van der Waals surface area contributed by atoms with Gasteiger partial charge < -0.3 is 14.5 Å². The zero-order valence-electron chi connectivity index (χ0n) is 13.9. The van der Waals surface area contributed by atoms with Crippen LogP contribution in [0.25, 0.3) is 0 Å². The fraction of sp³-hybridized carbons (Fsp3) is 0.579. The number of amides is 2. The first-order chi connectivity index (χ1) is 11.7. The van der Waals surface area contributed by atoms with Crippen LogP contribution in [0.3, 0.4) is 0 Å². The summed E-state index contributed by atoms with van der Waals surface area (Å²) in [7, 11) is 0. The van der Waals surface area contributed by atoms with Gasteiger partial charge in [-0.15, -0.1) is 0 Å². The van der Waals surface area contributed by atoms with Crippen LogP contribution in [-0.4, -0.2) is 60.0 Å². The number of ether oxygens (including phenoxy) is 1. The van der Waals surface area contributed by atoms with Crippen molar-refractivity contribution < 1.29 is 14.3 Å². The van der Waals surface area contributed by atoms with Crippen LogP contribution in [0, 0.1) is 5.92 Å². The number of likely N-dealkylation sites (tertiary alicyclic amines) is 1. The smallest absolute Gasteiger partial charge is 0.248 e. The highest BCUT2D eigenvalue weighted by Crippen LogP contribution is 2.33. The van der Waals surface area contributed by atoms with E-state index in [4.69, 9.17) is 4.74 Å². The summed E-state index contributed by atoms with van der Waals surface area (Å²) in [6.07, 6.45) is 3.71. The number of fused-ring (bicyclic) bond motifs is 1. The van der Waals surface area contributed by atoms with Crippen LogP contribution in [0.2, 0.25) is 0 Å². The molecule has 24 heavy (non-hydrogen) atoms. The zero-order chi connectivity index (χ0) is 16.5. The molecule has 0 spiro atoms. The maximum Gasteiger partial charge on any atom is 0.248 e. The zero-order valence-corrected chi connectivity index (χ0v) is 13.9. The molecule has 2 aliphatic heterocycles. The van der Waals surface area contributed by atoms with Gasteiger partial charge in [-0.25, -0.2) is 0 Å². The van der Waals surface area contributed by atoms with E-state index in [0.29, 0.717) is 25.4 Å². The quantitative estimate of drug-likeness (QED) is 0.822. The van der Waals surface area contributed by atoms with Gasteiger partial charge in [0, 0.05) is 26.1 Å². The Labute approximate surface area is 142 Å². The number of benzene rings is 1. The van der Waals surface area contributed by atoms with E-state index in [1.165, 1.54) is 18.4 Å². The number of hydrogen-bond donors (Lipinski definition) is 0. The second kappa shape index (κ2) is 6.55. The van der Waals surface area contributed by atoms with Gasteiger partial charge in [0.25, 0.3) is 0 Å². The third-order valence-corrected chi connectivity index (χ3v) is 5.35. The topological polar surface area (TPSA) is 49.9 Å². The molecule has 1 aromatic carbocycles. The normalized spacial score (nSPS) is 26.6. The third kappa shape index (κ3) is 3.31. The third-order valence-electron chi connectivity index (χ3n) is 5.35. The van der Waals surface area contributed by atoms with Crippen molar-refractivity contribution in [1.29, 1.82) is 0 Å². The van der Waals surface area contributed by atoms with Crippen molar-refractivity contribution in [2.75, 3.05) is 26.2 Å². The summed E-state index contributed by atoms with van der Waals surface area (Å²) in [5.41, 5.74) is 1.18. The maximum atomic E-state index is 12.6. The van der Waals surface area contributed by atoms with E-state index in [9.17, 15) is 9.59 Å². The molecule has 2 saturated heterocycles. The van der Waals surface area contributed by atoms with Crippen LogP contribution in [0.4, 0.5) is 0 Å².